The van der Waals surface area contributed by atoms with Gasteiger partial charge in [0.25, 0.3) is 5.91 Å². The molecule has 1 fully saturated rings. The Morgan fingerprint density at radius 3 is 2.53 bits per heavy atom. The molecule has 0 spiro atoms. The number of nitrogens with two attached hydrogens (primary N) is 1. The maximum absolute atomic E-state index is 12.0. The third kappa shape index (κ3) is 2.47. The molecule has 5 heteroatoms. The Morgan fingerprint density at radius 2 is 2.00 bits per heavy atom. The van der Waals surface area contributed by atoms with Crippen molar-refractivity contribution in [2.45, 2.75) is 25.7 Å². The Bertz CT molecular complexity index is 342. The average Bonchev–Trinajstić information content (AvgIpc) is 2.53. The molecule has 0 aliphatic carbocycles. The first kappa shape index (κ1) is 10.4. The molecular weight excluding hydrogens is 210 g/mol. The van der Waals surface area contributed by atoms with Gasteiger partial charge in [-0.2, -0.15) is 4.37 Å². The Labute approximate surface area is 93.2 Å². The van der Waals surface area contributed by atoms with Crippen molar-refractivity contribution < 1.29 is 4.79 Å². The predicted octanol–water partition coefficient (Wildman–Crippen LogP) is 1.74. The fraction of sp³-hybridized carbons (Fsp3) is 0.600. The number of likely N-dealkylation sites (tertiary alicyclic amines) is 1. The van der Waals surface area contributed by atoms with Crippen molar-refractivity contribution in [3.05, 3.63) is 11.8 Å². The summed E-state index contributed by atoms with van der Waals surface area (Å²) in [7, 11) is 0. The number of amides is 1. The summed E-state index contributed by atoms with van der Waals surface area (Å²) in [6.45, 7) is 1.71. The third-order valence-corrected chi connectivity index (χ3v) is 3.26. The van der Waals surface area contributed by atoms with Gasteiger partial charge < -0.3 is 10.6 Å². The van der Waals surface area contributed by atoms with Crippen molar-refractivity contribution in [2.24, 2.45) is 0 Å². The Balaban J connectivity index is 2.06. The molecule has 2 heterocycles. The van der Waals surface area contributed by atoms with Crippen LogP contribution >= 0.6 is 11.5 Å². The van der Waals surface area contributed by atoms with Gasteiger partial charge in [-0.15, -0.1) is 0 Å². The molecule has 0 atom stereocenters. The van der Waals surface area contributed by atoms with Crippen LogP contribution in [-0.2, 0) is 0 Å². The van der Waals surface area contributed by atoms with Gasteiger partial charge in [-0.3, -0.25) is 4.79 Å². The minimum Gasteiger partial charge on any atom is -0.389 e. The summed E-state index contributed by atoms with van der Waals surface area (Å²) in [5.41, 5.74) is 6.06. The van der Waals surface area contributed by atoms with Gasteiger partial charge in [0.1, 0.15) is 10.7 Å². The number of nitrogens with zero attached hydrogens (tertiary/aromatic N) is 2. The molecule has 1 aromatic heterocycles. The molecule has 2 N–H and O–H groups in total. The van der Waals surface area contributed by atoms with E-state index in [0.717, 1.165) is 25.9 Å². The number of hydrogen-bond donors (Lipinski definition) is 1. The van der Waals surface area contributed by atoms with E-state index in [1.54, 1.807) is 6.07 Å². The second-order valence-electron chi connectivity index (χ2n) is 3.82. The first-order valence-electron chi connectivity index (χ1n) is 5.29. The second-order valence-corrected chi connectivity index (χ2v) is 4.66. The van der Waals surface area contributed by atoms with Crippen LogP contribution in [0.1, 0.15) is 36.2 Å². The van der Waals surface area contributed by atoms with E-state index in [0.29, 0.717) is 10.7 Å². The maximum atomic E-state index is 12.0. The summed E-state index contributed by atoms with van der Waals surface area (Å²) in [5, 5.41) is 0.605. The van der Waals surface area contributed by atoms with Gasteiger partial charge in [-0.05, 0) is 24.4 Å². The fourth-order valence-corrected chi connectivity index (χ4v) is 2.32. The summed E-state index contributed by atoms with van der Waals surface area (Å²) in [4.78, 5) is 13.9. The van der Waals surface area contributed by atoms with E-state index in [9.17, 15) is 4.79 Å². The molecule has 0 unspecified atom stereocenters. The van der Waals surface area contributed by atoms with Gasteiger partial charge in [0.2, 0.25) is 0 Å². The molecular formula is C10H15N3OS. The minimum atomic E-state index is 0.0323. The number of nitrogen functional groups attached to an aromatic ring is 1. The van der Waals surface area contributed by atoms with E-state index in [-0.39, 0.29) is 5.91 Å². The zero-order chi connectivity index (χ0) is 10.7. The highest BCUT2D eigenvalue weighted by Crippen LogP contribution is 2.16. The number of rotatable bonds is 1. The quantitative estimate of drug-likeness (QED) is 0.792. The van der Waals surface area contributed by atoms with E-state index >= 15 is 0 Å². The molecule has 82 valence electrons. The van der Waals surface area contributed by atoms with Crippen LogP contribution in [0.15, 0.2) is 6.07 Å². The molecule has 1 amide bonds. The van der Waals surface area contributed by atoms with Gasteiger partial charge >= 0.3 is 0 Å². The molecule has 0 radical (unpaired) electrons. The summed E-state index contributed by atoms with van der Waals surface area (Å²) in [5.74, 6) is 0.0323. The van der Waals surface area contributed by atoms with Crippen molar-refractivity contribution in [1.82, 2.24) is 9.27 Å². The summed E-state index contributed by atoms with van der Waals surface area (Å²) < 4.78 is 4.05. The summed E-state index contributed by atoms with van der Waals surface area (Å²) in [6.07, 6.45) is 4.66. The number of hydrogen-bond acceptors (Lipinski definition) is 4. The van der Waals surface area contributed by atoms with Crippen LogP contribution in [0, 0.1) is 0 Å². The normalized spacial score (nSPS) is 17.5. The van der Waals surface area contributed by atoms with Crippen LogP contribution in [0.25, 0.3) is 0 Å². The van der Waals surface area contributed by atoms with Gasteiger partial charge in [-0.25, -0.2) is 0 Å². The van der Waals surface area contributed by atoms with Gasteiger partial charge in [-0.1, -0.05) is 12.8 Å². The van der Waals surface area contributed by atoms with Crippen LogP contribution in [0.4, 0.5) is 5.00 Å². The summed E-state index contributed by atoms with van der Waals surface area (Å²) in [6, 6.07) is 1.66. The van der Waals surface area contributed by atoms with E-state index in [1.807, 2.05) is 4.90 Å². The Morgan fingerprint density at radius 1 is 1.33 bits per heavy atom. The lowest BCUT2D eigenvalue weighted by Gasteiger charge is -2.18. The predicted molar refractivity (Wildman–Crippen MR) is 60.9 cm³/mol. The largest absolute Gasteiger partial charge is 0.389 e. The van der Waals surface area contributed by atoms with Crippen molar-refractivity contribution in [3.8, 4) is 0 Å². The van der Waals surface area contributed by atoms with Crippen molar-refractivity contribution in [1.29, 1.82) is 0 Å². The monoisotopic (exact) mass is 225 g/mol. The van der Waals surface area contributed by atoms with Crippen LogP contribution < -0.4 is 5.73 Å². The second kappa shape index (κ2) is 4.61. The smallest absolute Gasteiger partial charge is 0.273 e. The standard InChI is InChI=1S/C10H15N3OS/c11-9-7-8(12-15-9)10(14)13-5-3-1-2-4-6-13/h7H,1-6,11H2. The van der Waals surface area contributed by atoms with Crippen LogP contribution in [0.2, 0.25) is 0 Å². The van der Waals surface area contributed by atoms with E-state index < -0.39 is 0 Å². The number of anilines is 1. The van der Waals surface area contributed by atoms with Crippen LogP contribution in [0.3, 0.4) is 0 Å². The van der Waals surface area contributed by atoms with Crippen molar-refractivity contribution in [2.75, 3.05) is 18.8 Å². The Kier molecular flexibility index (Phi) is 3.20. The van der Waals surface area contributed by atoms with E-state index in [1.165, 1.54) is 24.4 Å². The molecule has 0 bridgehead atoms. The number of carbonyl (C=O) groups is 1. The van der Waals surface area contributed by atoms with Gasteiger partial charge in [0.15, 0.2) is 0 Å². The lowest BCUT2D eigenvalue weighted by atomic mass is 10.2. The van der Waals surface area contributed by atoms with Gasteiger partial charge in [0, 0.05) is 19.2 Å². The summed E-state index contributed by atoms with van der Waals surface area (Å²) >= 11 is 1.18. The number of aromatic nitrogens is 1. The zero-order valence-corrected chi connectivity index (χ0v) is 9.42. The van der Waals surface area contributed by atoms with E-state index in [4.69, 9.17) is 5.73 Å². The molecule has 4 nitrogen and oxygen atoms in total. The van der Waals surface area contributed by atoms with Crippen LogP contribution in [0.5, 0.6) is 0 Å². The maximum Gasteiger partial charge on any atom is 0.273 e. The highest BCUT2D eigenvalue weighted by atomic mass is 32.1. The molecule has 0 aromatic carbocycles. The average molecular weight is 225 g/mol. The molecule has 0 saturated carbocycles. The van der Waals surface area contributed by atoms with Gasteiger partial charge in [0.05, 0.1) is 0 Å². The van der Waals surface area contributed by atoms with Crippen molar-refractivity contribution >= 4 is 22.4 Å². The molecule has 1 aliphatic heterocycles. The fourth-order valence-electron chi connectivity index (χ4n) is 1.83. The van der Waals surface area contributed by atoms with Crippen molar-refractivity contribution in [3.63, 3.8) is 0 Å². The molecule has 1 saturated heterocycles. The minimum absolute atomic E-state index is 0.0323. The van der Waals surface area contributed by atoms with E-state index in [2.05, 4.69) is 4.37 Å². The SMILES string of the molecule is Nc1cc(C(=O)N2CCCCCC2)ns1. The molecule has 15 heavy (non-hydrogen) atoms. The molecule has 1 aromatic rings. The molecule has 1 aliphatic rings. The highest BCUT2D eigenvalue weighted by molar-refractivity contribution is 7.10. The Hall–Kier alpha value is -1.10. The first-order chi connectivity index (χ1) is 7.27. The zero-order valence-electron chi connectivity index (χ0n) is 8.61. The first-order valence-corrected chi connectivity index (χ1v) is 6.06. The lowest BCUT2D eigenvalue weighted by molar-refractivity contribution is 0.0757. The topological polar surface area (TPSA) is 59.2 Å². The lowest BCUT2D eigenvalue weighted by Crippen LogP contribution is -2.31. The number of carbonyl (C=O) groups excluding carboxylic acids is 1. The third-order valence-electron chi connectivity index (χ3n) is 2.64. The van der Waals surface area contributed by atoms with Crippen LogP contribution in [-0.4, -0.2) is 28.3 Å². The molecule has 2 rings (SSSR count). The highest BCUT2D eigenvalue weighted by Gasteiger charge is 2.19.